The van der Waals surface area contributed by atoms with Gasteiger partial charge in [0, 0.05) is 34.4 Å². The minimum Gasteiger partial charge on any atom is -0.462 e. The number of benzene rings is 2. The molecule has 1 aliphatic rings. The third kappa shape index (κ3) is 5.85. The maximum absolute atomic E-state index is 12.3. The number of carbonyl (C=O) groups excluding carboxylic acids is 3. The normalized spacial score (nSPS) is 13.6. The second-order valence-corrected chi connectivity index (χ2v) is 8.22. The number of hydrogen-bond donors (Lipinski definition) is 2. The van der Waals surface area contributed by atoms with Crippen molar-refractivity contribution in [3.05, 3.63) is 58.1 Å². The minimum absolute atomic E-state index is 0.0285. The Morgan fingerprint density at radius 3 is 2.65 bits per heavy atom. The highest BCUT2D eigenvalue weighted by molar-refractivity contribution is 9.10. The van der Waals surface area contributed by atoms with Crippen LogP contribution in [0.2, 0.25) is 0 Å². The molecule has 0 aromatic heterocycles. The molecule has 2 aromatic rings. The molecule has 0 saturated heterocycles. The Hall–Kier alpha value is -2.87. The van der Waals surface area contributed by atoms with Gasteiger partial charge in [-0.1, -0.05) is 22.0 Å². The van der Waals surface area contributed by atoms with Crippen molar-refractivity contribution in [3.8, 4) is 0 Å². The number of nitrogens with one attached hydrogen (secondary N) is 2. The van der Waals surface area contributed by atoms with Gasteiger partial charge in [0.1, 0.15) is 12.6 Å². The monoisotopic (exact) mass is 487 g/mol. The fourth-order valence-electron chi connectivity index (χ4n) is 3.47. The van der Waals surface area contributed by atoms with Gasteiger partial charge >= 0.3 is 5.97 Å². The lowest BCUT2D eigenvalue weighted by Gasteiger charge is -2.29. The molecule has 2 aromatic carbocycles. The van der Waals surface area contributed by atoms with Crippen molar-refractivity contribution in [1.29, 1.82) is 0 Å². The second kappa shape index (κ2) is 10.4. The van der Waals surface area contributed by atoms with E-state index >= 15 is 0 Å². The van der Waals surface area contributed by atoms with E-state index < -0.39 is 12.0 Å². The van der Waals surface area contributed by atoms with Gasteiger partial charge in [-0.2, -0.15) is 0 Å². The number of amides is 2. The maximum atomic E-state index is 12.3. The zero-order chi connectivity index (χ0) is 22.4. The summed E-state index contributed by atoms with van der Waals surface area (Å²) < 4.78 is 6.28. The summed E-state index contributed by atoms with van der Waals surface area (Å²) in [4.78, 5) is 38.4. The molecule has 1 atom stereocenters. The first kappa shape index (κ1) is 22.8. The van der Waals surface area contributed by atoms with Gasteiger partial charge in [0.2, 0.25) is 5.91 Å². The fourth-order valence-corrected chi connectivity index (χ4v) is 3.74. The minimum atomic E-state index is -0.758. The van der Waals surface area contributed by atoms with Crippen molar-refractivity contribution < 1.29 is 19.1 Å². The Morgan fingerprint density at radius 2 is 1.94 bits per heavy atom. The van der Waals surface area contributed by atoms with E-state index in [1.807, 2.05) is 25.1 Å². The van der Waals surface area contributed by atoms with Crippen molar-refractivity contribution in [1.82, 2.24) is 5.32 Å². The van der Waals surface area contributed by atoms with Gasteiger partial charge in [0.25, 0.3) is 5.91 Å². The number of halogens is 1. The van der Waals surface area contributed by atoms with Crippen LogP contribution in [0.25, 0.3) is 0 Å². The van der Waals surface area contributed by atoms with E-state index in [1.165, 1.54) is 0 Å². The lowest BCUT2D eigenvalue weighted by atomic mass is 10.00. The van der Waals surface area contributed by atoms with Crippen LogP contribution in [0, 0.1) is 0 Å². The van der Waals surface area contributed by atoms with E-state index in [1.54, 1.807) is 31.2 Å². The lowest BCUT2D eigenvalue weighted by molar-refractivity contribution is -0.145. The number of fused-ring (bicyclic) bond motifs is 1. The number of rotatable bonds is 8. The van der Waals surface area contributed by atoms with Crippen LogP contribution in [0.3, 0.4) is 0 Å². The molecular weight excluding hydrogens is 462 g/mol. The molecule has 1 heterocycles. The molecule has 0 spiro atoms. The highest BCUT2D eigenvalue weighted by atomic mass is 79.9. The molecule has 164 valence electrons. The summed E-state index contributed by atoms with van der Waals surface area (Å²) in [6.45, 7) is 5.08. The number of ether oxygens (including phenoxy) is 1. The van der Waals surface area contributed by atoms with Crippen LogP contribution in [0.4, 0.5) is 11.4 Å². The van der Waals surface area contributed by atoms with E-state index in [4.69, 9.17) is 4.74 Å². The summed E-state index contributed by atoms with van der Waals surface area (Å²) in [6, 6.07) is 12.0. The predicted octanol–water partition coefficient (Wildman–Crippen LogP) is 3.52. The van der Waals surface area contributed by atoms with Gasteiger partial charge in [-0.3, -0.25) is 9.59 Å². The number of anilines is 2. The van der Waals surface area contributed by atoms with Crippen LogP contribution in [-0.4, -0.2) is 43.5 Å². The summed E-state index contributed by atoms with van der Waals surface area (Å²) in [6.07, 6.45) is 1.15. The molecule has 0 saturated carbocycles. The molecule has 0 radical (unpaired) electrons. The first-order valence-electron chi connectivity index (χ1n) is 10.3. The third-order valence-electron chi connectivity index (χ3n) is 5.16. The average molecular weight is 488 g/mol. The van der Waals surface area contributed by atoms with E-state index in [0.29, 0.717) is 24.9 Å². The van der Waals surface area contributed by atoms with Crippen molar-refractivity contribution in [2.45, 2.75) is 32.7 Å². The van der Waals surface area contributed by atoms with Crippen LogP contribution in [0.5, 0.6) is 0 Å². The Morgan fingerprint density at radius 1 is 1.19 bits per heavy atom. The summed E-state index contributed by atoms with van der Waals surface area (Å²) in [5.41, 5.74) is 3.45. The van der Waals surface area contributed by atoms with Gasteiger partial charge in [0.15, 0.2) is 0 Å². The largest absolute Gasteiger partial charge is 0.462 e. The van der Waals surface area contributed by atoms with Gasteiger partial charge in [0.05, 0.1) is 6.54 Å². The Balaban J connectivity index is 1.53. The van der Waals surface area contributed by atoms with E-state index in [9.17, 15) is 14.4 Å². The topological polar surface area (TPSA) is 87.7 Å². The van der Waals surface area contributed by atoms with Gasteiger partial charge in [-0.25, -0.2) is 4.79 Å². The van der Waals surface area contributed by atoms with Gasteiger partial charge in [-0.15, -0.1) is 0 Å². The smallest absolute Gasteiger partial charge is 0.328 e. The molecule has 31 heavy (non-hydrogen) atoms. The van der Waals surface area contributed by atoms with Crippen LogP contribution in [0.1, 0.15) is 36.2 Å². The molecule has 0 bridgehead atoms. The molecule has 7 nitrogen and oxygen atoms in total. The summed E-state index contributed by atoms with van der Waals surface area (Å²) >= 11 is 3.33. The maximum Gasteiger partial charge on any atom is 0.328 e. The first-order chi connectivity index (χ1) is 14.9. The molecule has 2 N–H and O–H groups in total. The SMILES string of the molecule is CCN(CCOC(=O)[C@H](C)NC(=O)c1ccc(Br)cc1)c1cccc2c1CCC(=O)N2. The standard InChI is InChI=1S/C23H26BrN3O4/c1-3-27(20-6-4-5-19-18(20)11-12-21(28)26-19)13-14-31-23(30)15(2)25-22(29)16-7-9-17(24)10-8-16/h4-10,15H,3,11-14H2,1-2H3,(H,25,29)(H,26,28)/t15-/m0/s1. The lowest BCUT2D eigenvalue weighted by Crippen LogP contribution is -2.40. The summed E-state index contributed by atoms with van der Waals surface area (Å²) in [5.74, 6) is -0.783. The Kier molecular flexibility index (Phi) is 7.68. The van der Waals surface area contributed by atoms with Crippen molar-refractivity contribution in [2.24, 2.45) is 0 Å². The Bertz CT molecular complexity index is 962. The molecule has 0 unspecified atom stereocenters. The van der Waals surface area contributed by atoms with Crippen LogP contribution in [0.15, 0.2) is 46.9 Å². The number of nitrogens with zero attached hydrogens (tertiary/aromatic N) is 1. The zero-order valence-electron chi connectivity index (χ0n) is 17.6. The first-order valence-corrected chi connectivity index (χ1v) is 11.1. The van der Waals surface area contributed by atoms with Crippen LogP contribution in [-0.2, 0) is 20.7 Å². The third-order valence-corrected chi connectivity index (χ3v) is 5.69. The van der Waals surface area contributed by atoms with Crippen molar-refractivity contribution in [3.63, 3.8) is 0 Å². The number of esters is 1. The Labute approximate surface area is 190 Å². The van der Waals surface area contributed by atoms with Crippen LogP contribution < -0.4 is 15.5 Å². The zero-order valence-corrected chi connectivity index (χ0v) is 19.2. The summed E-state index contributed by atoms with van der Waals surface area (Å²) in [5, 5.41) is 5.57. The fraction of sp³-hybridized carbons (Fsp3) is 0.348. The van der Waals surface area contributed by atoms with Gasteiger partial charge in [-0.05, 0) is 62.2 Å². The summed E-state index contributed by atoms with van der Waals surface area (Å²) in [7, 11) is 0. The molecular formula is C23H26BrN3O4. The average Bonchev–Trinajstić information content (AvgIpc) is 2.76. The van der Waals surface area contributed by atoms with Gasteiger partial charge < -0.3 is 20.3 Å². The quantitative estimate of drug-likeness (QED) is 0.556. The molecule has 0 aliphatic carbocycles. The molecule has 8 heteroatoms. The number of hydrogen-bond acceptors (Lipinski definition) is 5. The molecule has 3 rings (SSSR count). The van der Waals surface area contributed by atoms with E-state index in [-0.39, 0.29) is 18.4 Å². The number of likely N-dealkylation sites (N-methyl/N-ethyl adjacent to an activating group) is 1. The molecule has 1 aliphatic heterocycles. The highest BCUT2D eigenvalue weighted by Crippen LogP contribution is 2.31. The van der Waals surface area contributed by atoms with E-state index in [2.05, 4.69) is 31.5 Å². The van der Waals surface area contributed by atoms with Crippen molar-refractivity contribution >= 4 is 45.1 Å². The number of carbonyl (C=O) groups is 3. The molecule has 2 amide bonds. The van der Waals surface area contributed by atoms with E-state index in [0.717, 1.165) is 28.0 Å². The van der Waals surface area contributed by atoms with Crippen molar-refractivity contribution in [2.75, 3.05) is 29.9 Å². The van der Waals surface area contributed by atoms with Crippen LogP contribution >= 0.6 is 15.9 Å². The second-order valence-electron chi connectivity index (χ2n) is 7.30. The highest BCUT2D eigenvalue weighted by Gasteiger charge is 2.21. The predicted molar refractivity (Wildman–Crippen MR) is 123 cm³/mol. The molecule has 0 fully saturated rings.